The summed E-state index contributed by atoms with van der Waals surface area (Å²) in [5, 5.41) is 4.89. The molecule has 3 rings (SSSR count). The molecular formula is C19H17N3O3S. The van der Waals surface area contributed by atoms with Crippen LogP contribution in [0.15, 0.2) is 47.8 Å². The molecule has 6 nitrogen and oxygen atoms in total. The number of aromatic nitrogens is 2. The number of benzene rings is 1. The molecule has 0 spiro atoms. The van der Waals surface area contributed by atoms with E-state index in [9.17, 15) is 9.59 Å². The molecule has 26 heavy (non-hydrogen) atoms. The number of thiazole rings is 1. The molecule has 1 amide bonds. The van der Waals surface area contributed by atoms with Gasteiger partial charge in [-0.3, -0.25) is 15.1 Å². The summed E-state index contributed by atoms with van der Waals surface area (Å²) in [5.41, 5.74) is 3.45. The standard InChI is InChI=1S/C19H17N3O3S/c1-12-11-26-19(20-12)22-17(23)10-25-18(24)15-8-9-16(21-13(15)2)14-6-4-3-5-7-14/h3-9,11H,10H2,1-2H3,(H,20,22,23). The molecule has 0 aliphatic rings. The monoisotopic (exact) mass is 367 g/mol. The van der Waals surface area contributed by atoms with E-state index in [1.807, 2.05) is 42.6 Å². The van der Waals surface area contributed by atoms with Crippen molar-refractivity contribution in [1.29, 1.82) is 0 Å². The van der Waals surface area contributed by atoms with Crippen molar-refractivity contribution in [2.24, 2.45) is 0 Å². The Kier molecular flexibility index (Phi) is 5.38. The van der Waals surface area contributed by atoms with Gasteiger partial charge in [0.25, 0.3) is 5.91 Å². The van der Waals surface area contributed by atoms with Gasteiger partial charge in [0.1, 0.15) is 0 Å². The minimum atomic E-state index is -0.583. The minimum absolute atomic E-state index is 0.336. The summed E-state index contributed by atoms with van der Waals surface area (Å²) < 4.78 is 5.08. The maximum absolute atomic E-state index is 12.2. The minimum Gasteiger partial charge on any atom is -0.452 e. The quantitative estimate of drug-likeness (QED) is 0.697. The van der Waals surface area contributed by atoms with Gasteiger partial charge >= 0.3 is 5.97 Å². The number of rotatable bonds is 5. The molecule has 0 saturated carbocycles. The van der Waals surface area contributed by atoms with E-state index in [1.165, 1.54) is 11.3 Å². The number of esters is 1. The smallest absolute Gasteiger partial charge is 0.340 e. The molecule has 0 bridgehead atoms. The Labute approximate surface area is 154 Å². The molecule has 7 heteroatoms. The van der Waals surface area contributed by atoms with Crippen molar-refractivity contribution in [2.75, 3.05) is 11.9 Å². The number of nitrogens with zero attached hydrogens (tertiary/aromatic N) is 2. The van der Waals surface area contributed by atoms with E-state index in [-0.39, 0.29) is 6.61 Å². The van der Waals surface area contributed by atoms with Crippen LogP contribution in [-0.4, -0.2) is 28.5 Å². The van der Waals surface area contributed by atoms with Gasteiger partial charge in [0.2, 0.25) is 0 Å². The van der Waals surface area contributed by atoms with Gasteiger partial charge in [0.05, 0.1) is 22.6 Å². The number of carbonyl (C=O) groups excluding carboxylic acids is 2. The summed E-state index contributed by atoms with van der Waals surface area (Å²) in [4.78, 5) is 32.6. The second-order valence-electron chi connectivity index (χ2n) is 5.61. The van der Waals surface area contributed by atoms with Crippen LogP contribution in [0.5, 0.6) is 0 Å². The highest BCUT2D eigenvalue weighted by atomic mass is 32.1. The van der Waals surface area contributed by atoms with Crippen LogP contribution in [0.25, 0.3) is 11.3 Å². The van der Waals surface area contributed by atoms with Crippen molar-refractivity contribution in [1.82, 2.24) is 9.97 Å². The molecule has 0 aliphatic carbocycles. The second-order valence-corrected chi connectivity index (χ2v) is 6.47. The predicted molar refractivity (Wildman–Crippen MR) is 100 cm³/mol. The van der Waals surface area contributed by atoms with E-state index in [2.05, 4.69) is 15.3 Å². The highest BCUT2D eigenvalue weighted by Crippen LogP contribution is 2.19. The van der Waals surface area contributed by atoms with Crippen LogP contribution in [0, 0.1) is 13.8 Å². The number of anilines is 1. The molecule has 0 atom stereocenters. The third kappa shape index (κ3) is 4.31. The Morgan fingerprint density at radius 3 is 2.50 bits per heavy atom. The lowest BCUT2D eigenvalue weighted by Gasteiger charge is -2.08. The van der Waals surface area contributed by atoms with Crippen LogP contribution < -0.4 is 5.32 Å². The van der Waals surface area contributed by atoms with E-state index in [4.69, 9.17) is 4.74 Å². The van der Waals surface area contributed by atoms with Crippen molar-refractivity contribution >= 4 is 28.3 Å². The Hall–Kier alpha value is -3.06. The summed E-state index contributed by atoms with van der Waals surface area (Å²) in [7, 11) is 0. The van der Waals surface area contributed by atoms with Gasteiger partial charge < -0.3 is 4.74 Å². The summed E-state index contributed by atoms with van der Waals surface area (Å²) in [5.74, 6) is -1.01. The van der Waals surface area contributed by atoms with Crippen LogP contribution in [0.1, 0.15) is 21.7 Å². The normalized spacial score (nSPS) is 10.4. The van der Waals surface area contributed by atoms with Crippen LogP contribution in [0.2, 0.25) is 0 Å². The molecule has 0 saturated heterocycles. The number of aryl methyl sites for hydroxylation is 2. The fourth-order valence-corrected chi connectivity index (χ4v) is 3.03. The number of amides is 1. The zero-order valence-corrected chi connectivity index (χ0v) is 15.2. The molecule has 0 aliphatic heterocycles. The average Bonchev–Trinajstić information content (AvgIpc) is 3.05. The van der Waals surface area contributed by atoms with Crippen molar-refractivity contribution in [3.05, 3.63) is 64.8 Å². The van der Waals surface area contributed by atoms with Gasteiger partial charge in [0, 0.05) is 10.9 Å². The number of hydrogen-bond donors (Lipinski definition) is 1. The molecule has 2 aromatic heterocycles. The number of nitrogens with one attached hydrogen (secondary N) is 1. The van der Waals surface area contributed by atoms with Gasteiger partial charge in [-0.1, -0.05) is 30.3 Å². The van der Waals surface area contributed by atoms with Gasteiger partial charge in [-0.25, -0.2) is 9.78 Å². The summed E-state index contributed by atoms with van der Waals surface area (Å²) in [6.07, 6.45) is 0. The molecule has 3 aromatic rings. The van der Waals surface area contributed by atoms with Crippen molar-refractivity contribution in [2.45, 2.75) is 13.8 Å². The average molecular weight is 367 g/mol. The molecule has 1 N–H and O–H groups in total. The highest BCUT2D eigenvalue weighted by molar-refractivity contribution is 7.13. The number of carbonyl (C=O) groups is 2. The van der Waals surface area contributed by atoms with E-state index in [1.54, 1.807) is 19.1 Å². The van der Waals surface area contributed by atoms with E-state index in [0.29, 0.717) is 16.4 Å². The van der Waals surface area contributed by atoms with E-state index >= 15 is 0 Å². The van der Waals surface area contributed by atoms with Crippen LogP contribution >= 0.6 is 11.3 Å². The molecule has 0 radical (unpaired) electrons. The fraction of sp³-hybridized carbons (Fsp3) is 0.158. The van der Waals surface area contributed by atoms with Crippen LogP contribution in [0.4, 0.5) is 5.13 Å². The molecule has 1 aromatic carbocycles. The molecular weight excluding hydrogens is 350 g/mol. The lowest BCUT2D eigenvalue weighted by Crippen LogP contribution is -2.21. The van der Waals surface area contributed by atoms with Gasteiger partial charge in [-0.05, 0) is 26.0 Å². The first-order chi connectivity index (χ1) is 12.5. The maximum Gasteiger partial charge on any atom is 0.340 e. The van der Waals surface area contributed by atoms with Gasteiger partial charge in [-0.15, -0.1) is 11.3 Å². The maximum atomic E-state index is 12.2. The molecule has 132 valence electrons. The first-order valence-corrected chi connectivity index (χ1v) is 8.83. The third-order valence-electron chi connectivity index (χ3n) is 3.58. The predicted octanol–water partition coefficient (Wildman–Crippen LogP) is 3.62. The van der Waals surface area contributed by atoms with Crippen LogP contribution in [-0.2, 0) is 9.53 Å². The SMILES string of the molecule is Cc1csc(NC(=O)COC(=O)c2ccc(-c3ccccc3)nc2C)n1. The number of pyridine rings is 1. The van der Waals surface area contributed by atoms with Gasteiger partial charge in [-0.2, -0.15) is 0 Å². The largest absolute Gasteiger partial charge is 0.452 e. The fourth-order valence-electron chi connectivity index (χ4n) is 2.32. The summed E-state index contributed by atoms with van der Waals surface area (Å²) >= 11 is 1.32. The summed E-state index contributed by atoms with van der Waals surface area (Å²) in [6, 6.07) is 13.1. The van der Waals surface area contributed by atoms with Crippen molar-refractivity contribution < 1.29 is 14.3 Å². The Bertz CT molecular complexity index is 938. The third-order valence-corrected chi connectivity index (χ3v) is 4.45. The topological polar surface area (TPSA) is 81.2 Å². The molecule has 2 heterocycles. The zero-order valence-electron chi connectivity index (χ0n) is 14.4. The van der Waals surface area contributed by atoms with E-state index in [0.717, 1.165) is 17.0 Å². The number of hydrogen-bond acceptors (Lipinski definition) is 6. The van der Waals surface area contributed by atoms with Crippen molar-refractivity contribution in [3.63, 3.8) is 0 Å². The Morgan fingerprint density at radius 1 is 1.08 bits per heavy atom. The first-order valence-electron chi connectivity index (χ1n) is 7.95. The number of ether oxygens (including phenoxy) is 1. The highest BCUT2D eigenvalue weighted by Gasteiger charge is 2.15. The lowest BCUT2D eigenvalue weighted by molar-refractivity contribution is -0.119. The van der Waals surface area contributed by atoms with Crippen molar-refractivity contribution in [3.8, 4) is 11.3 Å². The Balaban J connectivity index is 1.62. The lowest BCUT2D eigenvalue weighted by atomic mass is 10.1. The second kappa shape index (κ2) is 7.88. The van der Waals surface area contributed by atoms with Gasteiger partial charge in [0.15, 0.2) is 11.7 Å². The Morgan fingerprint density at radius 2 is 1.85 bits per heavy atom. The first kappa shape index (κ1) is 17.8. The molecule has 0 fully saturated rings. The van der Waals surface area contributed by atoms with E-state index < -0.39 is 11.9 Å². The molecule has 0 unspecified atom stereocenters. The summed E-state index contributed by atoms with van der Waals surface area (Å²) in [6.45, 7) is 3.19. The zero-order chi connectivity index (χ0) is 18.5. The van der Waals surface area contributed by atoms with Crippen LogP contribution in [0.3, 0.4) is 0 Å².